The Kier molecular flexibility index (Phi) is 6.35. The van der Waals surface area contributed by atoms with Gasteiger partial charge in [-0.25, -0.2) is 0 Å². The van der Waals surface area contributed by atoms with Gasteiger partial charge in [0.05, 0.1) is 0 Å². The van der Waals surface area contributed by atoms with Gasteiger partial charge in [0.15, 0.2) is 0 Å². The van der Waals surface area contributed by atoms with E-state index in [1.807, 2.05) is 25.7 Å². The van der Waals surface area contributed by atoms with E-state index >= 15 is 0 Å². The summed E-state index contributed by atoms with van der Waals surface area (Å²) in [5.41, 5.74) is -0.367. The summed E-state index contributed by atoms with van der Waals surface area (Å²) in [4.78, 5) is 13.5. The van der Waals surface area contributed by atoms with Crippen molar-refractivity contribution in [2.24, 2.45) is 0 Å². The van der Waals surface area contributed by atoms with Gasteiger partial charge in [-0.05, 0) is 0 Å². The molecular formula is C10H19BrNO2Zn. The van der Waals surface area contributed by atoms with Gasteiger partial charge in [-0.1, -0.05) is 0 Å². The fourth-order valence-corrected chi connectivity index (χ4v) is 2.21. The zero-order valence-electron chi connectivity index (χ0n) is 9.78. The molecule has 0 bridgehead atoms. The summed E-state index contributed by atoms with van der Waals surface area (Å²) in [6.07, 6.45) is 2.16. The molecular weight excluding hydrogens is 311 g/mol. The van der Waals surface area contributed by atoms with E-state index in [4.69, 9.17) is 4.74 Å². The average molecular weight is 331 g/mol. The van der Waals surface area contributed by atoms with Crippen molar-refractivity contribution in [2.45, 2.75) is 43.7 Å². The topological polar surface area (TPSA) is 29.5 Å². The summed E-state index contributed by atoms with van der Waals surface area (Å²) in [5, 5.41) is 0. The van der Waals surface area contributed by atoms with E-state index in [2.05, 4.69) is 0 Å². The summed E-state index contributed by atoms with van der Waals surface area (Å²) in [6.45, 7) is 7.47. The summed E-state index contributed by atoms with van der Waals surface area (Å²) >= 11 is 1.35. The third kappa shape index (κ3) is 5.86. The van der Waals surface area contributed by atoms with Gasteiger partial charge in [0.25, 0.3) is 0 Å². The average Bonchev–Trinajstić information content (AvgIpc) is 2.02. The van der Waals surface area contributed by atoms with Crippen molar-refractivity contribution in [1.29, 1.82) is 0 Å². The molecule has 1 saturated heterocycles. The van der Waals surface area contributed by atoms with E-state index in [-0.39, 0.29) is 28.7 Å². The van der Waals surface area contributed by atoms with Crippen molar-refractivity contribution in [3.63, 3.8) is 0 Å². The first kappa shape index (κ1) is 15.4. The van der Waals surface area contributed by atoms with Gasteiger partial charge >= 0.3 is 95.6 Å². The number of carbonyl (C=O) groups excluding carboxylic acids is 1. The van der Waals surface area contributed by atoms with E-state index in [1.165, 1.54) is 18.3 Å². The van der Waals surface area contributed by atoms with E-state index in [0.29, 0.717) is 0 Å². The number of nitrogens with zero attached hydrogens (tertiary/aromatic N) is 1. The molecule has 3 nitrogen and oxygen atoms in total. The van der Waals surface area contributed by atoms with Crippen LogP contribution >= 0.6 is 17.0 Å². The number of carbonyl (C=O) groups is 1. The van der Waals surface area contributed by atoms with Crippen molar-refractivity contribution in [2.75, 3.05) is 13.1 Å². The van der Waals surface area contributed by atoms with Gasteiger partial charge in [-0.3, -0.25) is 0 Å². The summed E-state index contributed by atoms with van der Waals surface area (Å²) in [6, 6.07) is 0. The van der Waals surface area contributed by atoms with Crippen LogP contribution in [0.2, 0.25) is 4.51 Å². The molecule has 0 aliphatic carbocycles. The number of likely N-dealkylation sites (tertiary alicyclic amines) is 1. The van der Waals surface area contributed by atoms with E-state index in [1.54, 1.807) is 0 Å². The minimum atomic E-state index is -0.367. The molecule has 1 aliphatic rings. The fourth-order valence-electron chi connectivity index (χ4n) is 1.44. The maximum absolute atomic E-state index is 11.6. The van der Waals surface area contributed by atoms with Crippen LogP contribution in [0.1, 0.15) is 33.6 Å². The maximum atomic E-state index is 11.6. The first-order chi connectivity index (χ1) is 6.38. The zero-order valence-corrected chi connectivity index (χ0v) is 14.5. The molecule has 0 aromatic heterocycles. The molecule has 0 saturated carbocycles. The van der Waals surface area contributed by atoms with Gasteiger partial charge in [0, 0.05) is 0 Å². The van der Waals surface area contributed by atoms with Crippen LogP contribution in [-0.4, -0.2) is 29.7 Å². The molecule has 85 valence electrons. The molecule has 0 N–H and O–H groups in total. The number of piperidine rings is 1. The van der Waals surface area contributed by atoms with Gasteiger partial charge in [0.1, 0.15) is 0 Å². The van der Waals surface area contributed by atoms with Crippen LogP contribution in [0.3, 0.4) is 0 Å². The van der Waals surface area contributed by atoms with E-state index in [0.717, 1.165) is 30.4 Å². The second kappa shape index (κ2) is 6.19. The monoisotopic (exact) mass is 328 g/mol. The van der Waals surface area contributed by atoms with Crippen LogP contribution in [-0.2, 0) is 23.0 Å². The first-order valence-corrected chi connectivity index (χ1v) is 6.91. The Morgan fingerprint density at radius 3 is 2.20 bits per heavy atom. The molecule has 0 atom stereocenters. The van der Waals surface area contributed by atoms with Gasteiger partial charge in [-0.15, -0.1) is 17.0 Å². The minimum absolute atomic E-state index is 0. The van der Waals surface area contributed by atoms with Crippen molar-refractivity contribution in [3.05, 3.63) is 0 Å². The van der Waals surface area contributed by atoms with Gasteiger partial charge in [-0.2, -0.15) is 0 Å². The molecule has 5 heteroatoms. The number of halogens is 1. The first-order valence-electron chi connectivity index (χ1n) is 5.19. The Morgan fingerprint density at radius 2 is 1.80 bits per heavy atom. The van der Waals surface area contributed by atoms with Crippen LogP contribution < -0.4 is 0 Å². The molecule has 1 aliphatic heterocycles. The van der Waals surface area contributed by atoms with Crippen molar-refractivity contribution >= 4 is 23.1 Å². The predicted octanol–water partition coefficient (Wildman–Crippen LogP) is 2.93. The molecule has 1 heterocycles. The van der Waals surface area contributed by atoms with Crippen LogP contribution in [0.15, 0.2) is 0 Å². The number of hydrogen-bond donors (Lipinski definition) is 0. The molecule has 0 aromatic carbocycles. The number of hydrogen-bond acceptors (Lipinski definition) is 2. The number of ether oxygens (including phenoxy) is 1. The third-order valence-corrected chi connectivity index (χ3v) is 3.98. The normalized spacial score (nSPS) is 18.3. The predicted molar refractivity (Wildman–Crippen MR) is 61.1 cm³/mol. The standard InChI is InChI=1S/C10H18NO2.BrH.Zn/c1-10(2,3)13-9(12)11-7-5-4-6-8-11;;/h4H,5-8H2,1-3H3;1H;. The van der Waals surface area contributed by atoms with Gasteiger partial charge < -0.3 is 0 Å². The van der Waals surface area contributed by atoms with E-state index < -0.39 is 0 Å². The quantitative estimate of drug-likeness (QED) is 0.639. The van der Waals surface area contributed by atoms with Crippen LogP contribution in [0.5, 0.6) is 0 Å². The Balaban J connectivity index is 0.00000196. The molecule has 0 unspecified atom stereocenters. The molecule has 0 radical (unpaired) electrons. The van der Waals surface area contributed by atoms with Gasteiger partial charge in [0.2, 0.25) is 0 Å². The second-order valence-electron chi connectivity index (χ2n) is 4.91. The molecule has 1 rings (SSSR count). The third-order valence-electron chi connectivity index (χ3n) is 2.27. The second-order valence-corrected chi connectivity index (χ2v) is 7.33. The Labute approximate surface area is 112 Å². The summed E-state index contributed by atoms with van der Waals surface area (Å²) < 4.78 is 6.18. The van der Waals surface area contributed by atoms with Crippen LogP contribution in [0, 0.1) is 0 Å². The Morgan fingerprint density at radius 1 is 1.33 bits per heavy atom. The van der Waals surface area contributed by atoms with Crippen molar-refractivity contribution in [1.82, 2.24) is 4.90 Å². The Bertz CT molecular complexity index is 210. The van der Waals surface area contributed by atoms with Crippen LogP contribution in [0.25, 0.3) is 0 Å². The molecule has 1 fully saturated rings. The number of amides is 1. The van der Waals surface area contributed by atoms with Crippen molar-refractivity contribution in [3.8, 4) is 0 Å². The fraction of sp³-hybridized carbons (Fsp3) is 0.900. The van der Waals surface area contributed by atoms with Crippen LogP contribution in [0.4, 0.5) is 4.79 Å². The molecule has 0 aromatic rings. The zero-order chi connectivity index (χ0) is 10.8. The Hall–Kier alpha value is 0.373. The van der Waals surface area contributed by atoms with Crippen molar-refractivity contribution < 1.29 is 27.8 Å². The molecule has 0 spiro atoms. The molecule has 1 amide bonds. The van der Waals surface area contributed by atoms with E-state index in [9.17, 15) is 4.79 Å². The summed E-state index contributed by atoms with van der Waals surface area (Å²) in [5.74, 6) is 0. The summed E-state index contributed by atoms with van der Waals surface area (Å²) in [7, 11) is 0. The SMILES string of the molecule is Br.CC(C)(C)OC(=O)N1CC[CH]([Zn])CC1. The molecule has 15 heavy (non-hydrogen) atoms. The number of rotatable bonds is 0.